The summed E-state index contributed by atoms with van der Waals surface area (Å²) in [6.45, 7) is 1.89. The van der Waals surface area contributed by atoms with Crippen LogP contribution in [0, 0.1) is 6.92 Å². The molecule has 4 aromatic rings. The highest BCUT2D eigenvalue weighted by Crippen LogP contribution is 2.30. The minimum atomic E-state index is 0.478. The van der Waals surface area contributed by atoms with Gasteiger partial charge in [-0.3, -0.25) is 0 Å². The van der Waals surface area contributed by atoms with Gasteiger partial charge in [0.25, 0.3) is 0 Å². The molecule has 1 aromatic heterocycles. The number of aromatic nitrogens is 2. The van der Waals surface area contributed by atoms with Crippen LogP contribution in [0.3, 0.4) is 0 Å². The summed E-state index contributed by atoms with van der Waals surface area (Å²) in [7, 11) is 0. The van der Waals surface area contributed by atoms with Gasteiger partial charge >= 0.3 is 0 Å². The third-order valence-corrected chi connectivity index (χ3v) is 3.87. The molecule has 0 saturated carbocycles. The normalized spacial score (nSPS) is 11.4. The Balaban J connectivity index is 2.03. The van der Waals surface area contributed by atoms with Crippen molar-refractivity contribution in [2.24, 2.45) is 0 Å². The highest BCUT2D eigenvalue weighted by atomic mass is 14.9. The van der Waals surface area contributed by atoms with E-state index in [0.29, 0.717) is 11.9 Å². The molecule has 0 aliphatic heterocycles. The average molecular weight is 297 g/mol. The lowest BCUT2D eigenvalue weighted by Crippen LogP contribution is -1.94. The molecule has 0 bridgehead atoms. The molecule has 0 spiro atoms. The number of benzene rings is 3. The second-order valence-corrected chi connectivity index (χ2v) is 5.50. The molecule has 0 fully saturated rings. The van der Waals surface area contributed by atoms with Crippen molar-refractivity contribution < 1.29 is 1.37 Å². The van der Waals surface area contributed by atoms with E-state index in [1.165, 1.54) is 0 Å². The van der Waals surface area contributed by atoms with E-state index in [0.717, 1.165) is 33.3 Å². The topological polar surface area (TPSA) is 25.8 Å². The quantitative estimate of drug-likeness (QED) is 0.503. The highest BCUT2D eigenvalue weighted by molar-refractivity contribution is 5.95. The SMILES string of the molecule is [2H]c1cc2nc(C)nc(-c3ccccc3)c2cc1-c1ccccc1. The van der Waals surface area contributed by atoms with E-state index in [1.807, 2.05) is 67.6 Å². The molecule has 4 rings (SSSR count). The second-order valence-electron chi connectivity index (χ2n) is 5.50. The molecule has 0 atom stereocenters. The average Bonchev–Trinajstić information content (AvgIpc) is 2.62. The van der Waals surface area contributed by atoms with Crippen molar-refractivity contribution in [3.8, 4) is 22.4 Å². The van der Waals surface area contributed by atoms with Gasteiger partial charge in [-0.05, 0) is 30.2 Å². The third-order valence-electron chi connectivity index (χ3n) is 3.87. The maximum atomic E-state index is 8.38. The smallest absolute Gasteiger partial charge is 0.126 e. The minimum absolute atomic E-state index is 0.478. The molecule has 0 N–H and O–H groups in total. The molecule has 0 saturated heterocycles. The Kier molecular flexibility index (Phi) is 3.08. The minimum Gasteiger partial charge on any atom is -0.233 e. The molecule has 2 heteroatoms. The number of hydrogen-bond donors (Lipinski definition) is 0. The van der Waals surface area contributed by atoms with Gasteiger partial charge in [0.2, 0.25) is 0 Å². The molecule has 2 nitrogen and oxygen atoms in total. The first kappa shape index (κ1) is 12.5. The van der Waals surface area contributed by atoms with Crippen molar-refractivity contribution in [2.75, 3.05) is 0 Å². The Morgan fingerprint density at radius 3 is 2.09 bits per heavy atom. The van der Waals surface area contributed by atoms with Gasteiger partial charge in [-0.1, -0.05) is 66.7 Å². The molecule has 23 heavy (non-hydrogen) atoms. The van der Waals surface area contributed by atoms with Gasteiger partial charge < -0.3 is 0 Å². The van der Waals surface area contributed by atoms with Crippen LogP contribution in [-0.4, -0.2) is 9.97 Å². The zero-order valence-electron chi connectivity index (χ0n) is 13.8. The molecule has 1 heterocycles. The molecule has 0 aliphatic rings. The van der Waals surface area contributed by atoms with Crippen LogP contribution in [0.25, 0.3) is 33.3 Å². The predicted molar refractivity (Wildman–Crippen MR) is 95.1 cm³/mol. The fourth-order valence-electron chi connectivity index (χ4n) is 2.79. The lowest BCUT2D eigenvalue weighted by atomic mass is 10.0. The number of hydrogen-bond acceptors (Lipinski definition) is 2. The Morgan fingerprint density at radius 2 is 1.39 bits per heavy atom. The summed E-state index contributed by atoms with van der Waals surface area (Å²) in [5, 5.41) is 0.974. The number of fused-ring (bicyclic) bond motifs is 1. The van der Waals surface area contributed by atoms with Gasteiger partial charge in [0, 0.05) is 10.9 Å². The Bertz CT molecular complexity index is 1010. The van der Waals surface area contributed by atoms with Crippen LogP contribution < -0.4 is 0 Å². The third kappa shape index (κ3) is 2.59. The van der Waals surface area contributed by atoms with E-state index in [9.17, 15) is 0 Å². The second kappa shape index (κ2) is 5.65. The summed E-state index contributed by atoms with van der Waals surface area (Å²) in [4.78, 5) is 9.19. The van der Waals surface area contributed by atoms with Crippen molar-refractivity contribution in [1.82, 2.24) is 9.97 Å². The summed E-state index contributed by atoms with van der Waals surface area (Å²) in [6, 6.07) is 24.5. The Hall–Kier alpha value is -3.00. The van der Waals surface area contributed by atoms with Crippen LogP contribution in [-0.2, 0) is 0 Å². The first-order valence-electron chi connectivity index (χ1n) is 8.12. The molecular formula is C21H16N2. The van der Waals surface area contributed by atoms with Gasteiger partial charge in [-0.25, -0.2) is 9.97 Å². The molecule has 0 aliphatic carbocycles. The maximum absolute atomic E-state index is 8.38. The molecule has 110 valence electrons. The summed E-state index contributed by atoms with van der Waals surface area (Å²) in [5.41, 5.74) is 4.71. The lowest BCUT2D eigenvalue weighted by molar-refractivity contribution is 1.10. The van der Waals surface area contributed by atoms with Crippen LogP contribution in [0.2, 0.25) is 0 Å². The van der Waals surface area contributed by atoms with Crippen molar-refractivity contribution in [3.63, 3.8) is 0 Å². The van der Waals surface area contributed by atoms with Crippen molar-refractivity contribution >= 4 is 10.9 Å². The summed E-state index contributed by atoms with van der Waals surface area (Å²) in [6.07, 6.45) is 0. The molecular weight excluding hydrogens is 280 g/mol. The van der Waals surface area contributed by atoms with Crippen LogP contribution in [0.15, 0.2) is 78.8 Å². The van der Waals surface area contributed by atoms with E-state index in [2.05, 4.69) is 22.1 Å². The van der Waals surface area contributed by atoms with Gasteiger partial charge in [0.1, 0.15) is 5.82 Å². The van der Waals surface area contributed by atoms with Crippen molar-refractivity contribution in [3.05, 3.63) is 84.7 Å². The van der Waals surface area contributed by atoms with Crippen molar-refractivity contribution in [2.45, 2.75) is 6.92 Å². The first-order valence-corrected chi connectivity index (χ1v) is 7.62. The fraction of sp³-hybridized carbons (Fsp3) is 0.0476. The standard InChI is InChI=1S/C21H16N2/c1-15-22-20-13-12-18(16-8-4-2-5-9-16)14-19(20)21(23-15)17-10-6-3-7-11-17/h2-14H,1H3/i12D. The van der Waals surface area contributed by atoms with Crippen LogP contribution in [0.4, 0.5) is 0 Å². The monoisotopic (exact) mass is 297 g/mol. The van der Waals surface area contributed by atoms with E-state index < -0.39 is 0 Å². The number of aryl methyl sites for hydroxylation is 1. The van der Waals surface area contributed by atoms with Gasteiger partial charge in [0.15, 0.2) is 0 Å². The summed E-state index contributed by atoms with van der Waals surface area (Å²) < 4.78 is 8.38. The highest BCUT2D eigenvalue weighted by Gasteiger charge is 2.09. The fourth-order valence-corrected chi connectivity index (χ4v) is 2.79. The molecule has 3 aromatic carbocycles. The van der Waals surface area contributed by atoms with Gasteiger partial charge in [-0.2, -0.15) is 0 Å². The van der Waals surface area contributed by atoms with E-state index >= 15 is 0 Å². The van der Waals surface area contributed by atoms with E-state index in [4.69, 9.17) is 1.37 Å². The van der Waals surface area contributed by atoms with Gasteiger partial charge in [-0.15, -0.1) is 0 Å². The molecule has 0 amide bonds. The van der Waals surface area contributed by atoms with E-state index in [1.54, 1.807) is 0 Å². The zero-order chi connectivity index (χ0) is 16.5. The van der Waals surface area contributed by atoms with Gasteiger partial charge in [0.05, 0.1) is 12.6 Å². The van der Waals surface area contributed by atoms with E-state index in [-0.39, 0.29) is 0 Å². The molecule has 0 unspecified atom stereocenters. The van der Waals surface area contributed by atoms with Crippen molar-refractivity contribution in [1.29, 1.82) is 0 Å². The summed E-state index contributed by atoms with van der Waals surface area (Å²) in [5.74, 6) is 0.716. The van der Waals surface area contributed by atoms with Crippen LogP contribution in [0.1, 0.15) is 7.20 Å². The lowest BCUT2D eigenvalue weighted by Gasteiger charge is -2.09. The predicted octanol–water partition coefficient (Wildman–Crippen LogP) is 5.27. The summed E-state index contributed by atoms with van der Waals surface area (Å²) >= 11 is 0. The molecule has 0 radical (unpaired) electrons. The largest absolute Gasteiger partial charge is 0.233 e. The number of nitrogens with zero attached hydrogens (tertiary/aromatic N) is 2. The Labute approximate surface area is 136 Å². The maximum Gasteiger partial charge on any atom is 0.126 e. The van der Waals surface area contributed by atoms with Crippen LogP contribution in [0.5, 0.6) is 0 Å². The Morgan fingerprint density at radius 1 is 0.739 bits per heavy atom. The first-order chi connectivity index (χ1) is 11.7. The zero-order valence-corrected chi connectivity index (χ0v) is 12.8. The number of rotatable bonds is 2. The van der Waals surface area contributed by atoms with Crippen LogP contribution >= 0.6 is 0 Å².